The van der Waals surface area contributed by atoms with Crippen LogP contribution < -0.4 is 10.6 Å². The lowest BCUT2D eigenvalue weighted by atomic mass is 10.1. The minimum Gasteiger partial charge on any atom is -0.378 e. The van der Waals surface area contributed by atoms with Crippen molar-refractivity contribution >= 4 is 35.1 Å². The van der Waals surface area contributed by atoms with Crippen LogP contribution in [0.1, 0.15) is 28.5 Å². The van der Waals surface area contributed by atoms with Gasteiger partial charge < -0.3 is 20.4 Å². The number of rotatable bonds is 8. The molecule has 3 N–H and O–H groups in total. The van der Waals surface area contributed by atoms with Crippen LogP contribution in [0.25, 0.3) is 21.7 Å². The first-order chi connectivity index (χ1) is 17.3. The molecule has 3 atom stereocenters. The SMILES string of the molecule is [N-]=[N+]=NC[C@@H](NC(=O)c1cc(-c2nc(NC3CCOCC3F)ncc2Cl)c[nH]1)c1cc(F)cc(Cl)c1. The summed E-state index contributed by atoms with van der Waals surface area (Å²) in [5, 5.41) is 9.52. The Bertz CT molecular complexity index is 1280. The second-order valence-corrected chi connectivity index (χ2v) is 8.81. The Labute approximate surface area is 214 Å². The number of halogens is 4. The summed E-state index contributed by atoms with van der Waals surface area (Å²) < 4.78 is 33.1. The van der Waals surface area contributed by atoms with Crippen LogP contribution in [0, 0.1) is 5.82 Å². The molecular weight excluding hydrogens is 517 g/mol. The summed E-state index contributed by atoms with van der Waals surface area (Å²) in [6, 6.07) is 3.98. The molecule has 2 aromatic heterocycles. The quantitative estimate of drug-likeness (QED) is 0.205. The Hall–Kier alpha value is -3.44. The molecule has 2 unspecified atom stereocenters. The van der Waals surface area contributed by atoms with Crippen molar-refractivity contribution in [3.63, 3.8) is 0 Å². The molecule has 0 spiro atoms. The minimum absolute atomic E-state index is 0.00308. The zero-order chi connectivity index (χ0) is 25.7. The molecule has 1 aromatic carbocycles. The third-order valence-electron chi connectivity index (χ3n) is 5.47. The van der Waals surface area contributed by atoms with Gasteiger partial charge in [0.2, 0.25) is 5.95 Å². The number of benzene rings is 1. The summed E-state index contributed by atoms with van der Waals surface area (Å²) in [7, 11) is 0. The van der Waals surface area contributed by atoms with Crippen molar-refractivity contribution in [2.45, 2.75) is 24.7 Å². The van der Waals surface area contributed by atoms with Gasteiger partial charge in [-0.3, -0.25) is 4.79 Å². The smallest absolute Gasteiger partial charge is 0.268 e. The molecular formula is C22H20Cl2F2N8O2. The maximum atomic E-state index is 14.1. The lowest BCUT2D eigenvalue weighted by Gasteiger charge is -2.26. The number of carbonyl (C=O) groups excluding carboxylic acids is 1. The molecule has 0 bridgehead atoms. The molecule has 1 saturated heterocycles. The highest BCUT2D eigenvalue weighted by Gasteiger charge is 2.26. The fourth-order valence-corrected chi connectivity index (χ4v) is 4.13. The number of carbonyl (C=O) groups is 1. The number of ether oxygens (including phenoxy) is 1. The largest absolute Gasteiger partial charge is 0.378 e. The highest BCUT2D eigenvalue weighted by atomic mass is 35.5. The molecule has 0 radical (unpaired) electrons. The highest BCUT2D eigenvalue weighted by Crippen LogP contribution is 2.28. The number of nitrogens with zero attached hydrogens (tertiary/aromatic N) is 5. The maximum Gasteiger partial charge on any atom is 0.268 e. The lowest BCUT2D eigenvalue weighted by Crippen LogP contribution is -2.39. The van der Waals surface area contributed by atoms with E-state index in [1.54, 1.807) is 0 Å². The number of aromatic amines is 1. The van der Waals surface area contributed by atoms with Gasteiger partial charge in [-0.05, 0) is 41.8 Å². The summed E-state index contributed by atoms with van der Waals surface area (Å²) >= 11 is 12.2. The van der Waals surface area contributed by atoms with E-state index in [4.69, 9.17) is 33.5 Å². The second-order valence-electron chi connectivity index (χ2n) is 7.96. The van der Waals surface area contributed by atoms with Gasteiger partial charge in [0.05, 0.1) is 42.1 Å². The number of nitrogens with one attached hydrogen (secondary N) is 3. The topological polar surface area (TPSA) is 141 Å². The van der Waals surface area contributed by atoms with Crippen LogP contribution in [-0.2, 0) is 4.74 Å². The van der Waals surface area contributed by atoms with Gasteiger partial charge in [0.1, 0.15) is 17.7 Å². The van der Waals surface area contributed by atoms with Gasteiger partial charge >= 0.3 is 0 Å². The fraction of sp³-hybridized carbons (Fsp3) is 0.318. The number of anilines is 1. The van der Waals surface area contributed by atoms with Crippen molar-refractivity contribution in [3.8, 4) is 11.3 Å². The van der Waals surface area contributed by atoms with E-state index in [1.807, 2.05) is 0 Å². The van der Waals surface area contributed by atoms with Gasteiger partial charge in [0, 0.05) is 28.3 Å². The predicted molar refractivity (Wildman–Crippen MR) is 130 cm³/mol. The summed E-state index contributed by atoms with van der Waals surface area (Å²) in [6.07, 6.45) is 2.18. The van der Waals surface area contributed by atoms with E-state index in [1.165, 1.54) is 30.6 Å². The molecule has 3 aromatic rings. The molecule has 1 aliphatic heterocycles. The Balaban J connectivity index is 1.53. The van der Waals surface area contributed by atoms with E-state index in [0.717, 1.165) is 6.07 Å². The molecule has 1 amide bonds. The first kappa shape index (κ1) is 25.6. The van der Waals surface area contributed by atoms with Gasteiger partial charge in [-0.15, -0.1) is 0 Å². The Morgan fingerprint density at radius 2 is 2.19 bits per heavy atom. The molecule has 14 heteroatoms. The van der Waals surface area contributed by atoms with Crippen molar-refractivity contribution < 1.29 is 18.3 Å². The number of amides is 1. The molecule has 1 aliphatic rings. The summed E-state index contributed by atoms with van der Waals surface area (Å²) in [5.74, 6) is -0.957. The van der Waals surface area contributed by atoms with Crippen LogP contribution in [0.15, 0.2) is 41.8 Å². The van der Waals surface area contributed by atoms with Gasteiger partial charge in [0.15, 0.2) is 0 Å². The first-order valence-electron chi connectivity index (χ1n) is 10.8. The van der Waals surface area contributed by atoms with E-state index >= 15 is 0 Å². The number of H-pyrrole nitrogens is 1. The number of hydrogen-bond donors (Lipinski definition) is 3. The number of azide groups is 1. The van der Waals surface area contributed by atoms with E-state index in [2.05, 4.69) is 35.6 Å². The van der Waals surface area contributed by atoms with Gasteiger partial charge in [-0.25, -0.2) is 18.7 Å². The van der Waals surface area contributed by atoms with E-state index in [9.17, 15) is 13.6 Å². The molecule has 188 valence electrons. The predicted octanol–water partition coefficient (Wildman–Crippen LogP) is 5.24. The highest BCUT2D eigenvalue weighted by molar-refractivity contribution is 6.33. The third kappa shape index (κ3) is 6.21. The van der Waals surface area contributed by atoms with Crippen LogP contribution >= 0.6 is 23.2 Å². The Morgan fingerprint density at radius 3 is 2.94 bits per heavy atom. The van der Waals surface area contributed by atoms with Crippen molar-refractivity contribution in [3.05, 3.63) is 74.2 Å². The van der Waals surface area contributed by atoms with Gasteiger partial charge in [0.25, 0.3) is 5.91 Å². The van der Waals surface area contributed by atoms with Crippen LogP contribution in [0.2, 0.25) is 10.0 Å². The van der Waals surface area contributed by atoms with Gasteiger partial charge in [-0.1, -0.05) is 28.3 Å². The number of alkyl halides is 1. The molecule has 0 aliphatic carbocycles. The number of hydrogen-bond acceptors (Lipinski definition) is 6. The normalized spacial score (nSPS) is 18.2. The van der Waals surface area contributed by atoms with Gasteiger partial charge in [-0.2, -0.15) is 0 Å². The van der Waals surface area contributed by atoms with Crippen molar-refractivity contribution in [2.75, 3.05) is 25.1 Å². The monoisotopic (exact) mass is 536 g/mol. The average molecular weight is 537 g/mol. The van der Waals surface area contributed by atoms with Crippen molar-refractivity contribution in [1.29, 1.82) is 0 Å². The first-order valence-corrected chi connectivity index (χ1v) is 11.6. The zero-order valence-electron chi connectivity index (χ0n) is 18.6. The molecule has 0 saturated carbocycles. The van der Waals surface area contributed by atoms with Crippen LogP contribution in [0.3, 0.4) is 0 Å². The summed E-state index contributed by atoms with van der Waals surface area (Å²) in [4.78, 5) is 27.0. The molecule has 3 heterocycles. The van der Waals surface area contributed by atoms with Crippen LogP contribution in [0.4, 0.5) is 14.7 Å². The van der Waals surface area contributed by atoms with Crippen molar-refractivity contribution in [2.24, 2.45) is 5.11 Å². The summed E-state index contributed by atoms with van der Waals surface area (Å²) in [6.45, 7) is 0.262. The summed E-state index contributed by atoms with van der Waals surface area (Å²) in [5.41, 5.74) is 10.00. The maximum absolute atomic E-state index is 14.1. The fourth-order valence-electron chi connectivity index (χ4n) is 3.70. The second kappa shape index (κ2) is 11.5. The number of aromatic nitrogens is 3. The molecule has 10 nitrogen and oxygen atoms in total. The van der Waals surface area contributed by atoms with E-state index < -0.39 is 30.0 Å². The van der Waals surface area contributed by atoms with Crippen molar-refractivity contribution in [1.82, 2.24) is 20.3 Å². The Morgan fingerprint density at radius 1 is 1.36 bits per heavy atom. The van der Waals surface area contributed by atoms with Crippen LogP contribution in [0.5, 0.6) is 0 Å². The van der Waals surface area contributed by atoms with Crippen LogP contribution in [-0.4, -0.2) is 52.8 Å². The molecule has 36 heavy (non-hydrogen) atoms. The van der Waals surface area contributed by atoms with E-state index in [0.29, 0.717) is 29.8 Å². The third-order valence-corrected chi connectivity index (χ3v) is 5.96. The molecule has 4 rings (SSSR count). The molecule has 1 fully saturated rings. The standard InChI is InChI=1S/C22H20Cl2F2N8O2/c23-13-3-11(4-14(25)6-13)19(9-30-34-27)31-21(35)18-5-12(7-28-18)20-15(24)8-29-22(33-20)32-17-1-2-36-10-16(17)26/h3-8,16-17,19,28H,1-2,9-10H2,(H,31,35)(H,29,32,33)/t16?,17?,19-/m1/s1. The zero-order valence-corrected chi connectivity index (χ0v) is 20.1. The van der Waals surface area contributed by atoms with E-state index in [-0.39, 0.29) is 34.8 Å². The lowest BCUT2D eigenvalue weighted by molar-refractivity contribution is 0.0284. The average Bonchev–Trinajstić information content (AvgIpc) is 3.34. The Kier molecular flexibility index (Phi) is 8.21. The minimum atomic E-state index is -1.20.